The van der Waals surface area contributed by atoms with Crippen LogP contribution in [0, 0.1) is 0 Å². The van der Waals surface area contributed by atoms with Gasteiger partial charge in [-0.05, 0) is 25.7 Å². The fourth-order valence-corrected chi connectivity index (χ4v) is 3.61. The van der Waals surface area contributed by atoms with E-state index in [0.29, 0.717) is 0 Å². The Morgan fingerprint density at radius 2 is 0.964 bits per heavy atom. The third-order valence-corrected chi connectivity index (χ3v) is 5.60. The van der Waals surface area contributed by atoms with E-state index in [9.17, 15) is 5.11 Å². The highest BCUT2D eigenvalue weighted by Crippen LogP contribution is 2.19. The lowest BCUT2D eigenvalue weighted by Crippen LogP contribution is -2.43. The zero-order valence-corrected chi connectivity index (χ0v) is 19.5. The number of aliphatic hydroxyl groups is 1. The summed E-state index contributed by atoms with van der Waals surface area (Å²) in [4.78, 5) is 0. The monoisotopic (exact) mass is 401 g/mol. The molecule has 0 aliphatic rings. The molecule has 0 rings (SSSR count). The van der Waals surface area contributed by atoms with Crippen LogP contribution in [0.2, 0.25) is 0 Å². The summed E-state index contributed by atoms with van der Waals surface area (Å²) in [5, 5.41) is 9.97. The number of nitrogens with two attached hydrogens (primary N) is 1. The molecule has 3 N–H and O–H groups in total. The molecule has 0 saturated heterocycles. The van der Waals surface area contributed by atoms with E-state index in [0.717, 1.165) is 25.7 Å². The number of hydrogen-bond donors (Lipinski definition) is 2. The Bertz CT molecular complexity index is 286. The molecule has 0 saturated carbocycles. The highest BCUT2D eigenvalue weighted by Gasteiger charge is 2.24. The van der Waals surface area contributed by atoms with Gasteiger partial charge in [0.2, 0.25) is 0 Å². The van der Waals surface area contributed by atoms with Gasteiger partial charge >= 0.3 is 0 Å². The SMILES string of the molecule is CCCCCCCCC(CC)OC(OC(CC)CCCCCCCC)C(N)O. The molecule has 0 aromatic rings. The highest BCUT2D eigenvalue weighted by atomic mass is 16.7. The number of unbranched alkanes of at least 4 members (excludes halogenated alkanes) is 10. The molecule has 0 radical (unpaired) electrons. The summed E-state index contributed by atoms with van der Waals surface area (Å²) >= 11 is 0. The van der Waals surface area contributed by atoms with Crippen LogP contribution in [-0.2, 0) is 9.47 Å². The van der Waals surface area contributed by atoms with Crippen molar-refractivity contribution in [2.75, 3.05) is 0 Å². The Morgan fingerprint density at radius 3 is 1.29 bits per heavy atom. The molecule has 0 bridgehead atoms. The zero-order valence-electron chi connectivity index (χ0n) is 19.5. The second-order valence-corrected chi connectivity index (χ2v) is 8.30. The molecule has 0 heterocycles. The van der Waals surface area contributed by atoms with Crippen molar-refractivity contribution in [1.29, 1.82) is 0 Å². The molecule has 4 heteroatoms. The van der Waals surface area contributed by atoms with E-state index in [4.69, 9.17) is 15.2 Å². The van der Waals surface area contributed by atoms with Crippen LogP contribution in [0.15, 0.2) is 0 Å². The minimum absolute atomic E-state index is 0.112. The van der Waals surface area contributed by atoms with Gasteiger partial charge in [-0.15, -0.1) is 0 Å². The Kier molecular flexibility index (Phi) is 20.0. The number of hydrogen-bond acceptors (Lipinski definition) is 4. The number of rotatable bonds is 21. The van der Waals surface area contributed by atoms with Crippen LogP contribution in [0.5, 0.6) is 0 Å². The van der Waals surface area contributed by atoms with Gasteiger partial charge in [0, 0.05) is 0 Å². The molecule has 0 fully saturated rings. The van der Waals surface area contributed by atoms with Gasteiger partial charge in [0.15, 0.2) is 12.5 Å². The van der Waals surface area contributed by atoms with Gasteiger partial charge < -0.3 is 20.3 Å². The maximum absolute atomic E-state index is 9.97. The normalized spacial score (nSPS) is 16.1. The van der Waals surface area contributed by atoms with Gasteiger partial charge in [0.1, 0.15) is 0 Å². The second-order valence-electron chi connectivity index (χ2n) is 8.30. The van der Waals surface area contributed by atoms with Crippen molar-refractivity contribution in [2.45, 2.75) is 155 Å². The molecule has 0 aliphatic heterocycles. The van der Waals surface area contributed by atoms with Gasteiger partial charge in [0.05, 0.1) is 12.2 Å². The summed E-state index contributed by atoms with van der Waals surface area (Å²) in [7, 11) is 0. The first-order valence-corrected chi connectivity index (χ1v) is 12.3. The zero-order chi connectivity index (χ0) is 21.0. The van der Waals surface area contributed by atoms with E-state index in [1.807, 2.05) is 0 Å². The van der Waals surface area contributed by atoms with Gasteiger partial charge in [-0.3, -0.25) is 0 Å². The van der Waals surface area contributed by atoms with Gasteiger partial charge in [-0.2, -0.15) is 0 Å². The fraction of sp³-hybridized carbons (Fsp3) is 1.00. The first kappa shape index (κ1) is 27.8. The molecule has 170 valence electrons. The van der Waals surface area contributed by atoms with Crippen molar-refractivity contribution in [3.05, 3.63) is 0 Å². The molecule has 4 nitrogen and oxygen atoms in total. The highest BCUT2D eigenvalue weighted by molar-refractivity contribution is 4.65. The Hall–Kier alpha value is -0.160. The van der Waals surface area contributed by atoms with Crippen LogP contribution in [0.25, 0.3) is 0 Å². The van der Waals surface area contributed by atoms with Crippen LogP contribution in [0.1, 0.15) is 130 Å². The van der Waals surface area contributed by atoms with E-state index in [2.05, 4.69) is 27.7 Å². The second kappa shape index (κ2) is 20.1. The van der Waals surface area contributed by atoms with E-state index in [-0.39, 0.29) is 12.2 Å². The molecule has 3 atom stereocenters. The van der Waals surface area contributed by atoms with Gasteiger partial charge in [-0.1, -0.05) is 105 Å². The van der Waals surface area contributed by atoms with Crippen LogP contribution in [-0.4, -0.2) is 29.8 Å². The molecular weight excluding hydrogens is 350 g/mol. The standard InChI is InChI=1S/C24H51NO3/c1-5-9-11-13-15-17-19-21(7-3)27-24(23(25)26)28-22(8-4)20-18-16-14-12-10-6-2/h21-24,26H,5-20,25H2,1-4H3. The summed E-state index contributed by atoms with van der Waals surface area (Å²) in [5.74, 6) is 0. The van der Waals surface area contributed by atoms with Crippen LogP contribution in [0.3, 0.4) is 0 Å². The summed E-state index contributed by atoms with van der Waals surface area (Å²) in [5.41, 5.74) is 5.77. The summed E-state index contributed by atoms with van der Waals surface area (Å²) in [6, 6.07) is 0. The lowest BCUT2D eigenvalue weighted by molar-refractivity contribution is -0.237. The number of aliphatic hydroxyl groups excluding tert-OH is 1. The lowest BCUT2D eigenvalue weighted by atomic mass is 10.1. The summed E-state index contributed by atoms with van der Waals surface area (Å²) < 4.78 is 12.2. The van der Waals surface area contributed by atoms with Crippen molar-refractivity contribution in [3.63, 3.8) is 0 Å². The Balaban J connectivity index is 4.21. The van der Waals surface area contributed by atoms with Gasteiger partial charge in [-0.25, -0.2) is 0 Å². The first-order chi connectivity index (χ1) is 13.6. The molecule has 0 aromatic carbocycles. The minimum Gasteiger partial charge on any atom is -0.373 e. The van der Waals surface area contributed by atoms with Gasteiger partial charge in [0.25, 0.3) is 0 Å². The maximum Gasteiger partial charge on any atom is 0.197 e. The number of ether oxygens (including phenoxy) is 2. The minimum atomic E-state index is -1.09. The quantitative estimate of drug-likeness (QED) is 0.166. The predicted molar refractivity (Wildman–Crippen MR) is 120 cm³/mol. The predicted octanol–water partition coefficient (Wildman–Crippen LogP) is 6.68. The third-order valence-electron chi connectivity index (χ3n) is 5.60. The Labute approximate surface area is 175 Å². The molecular formula is C24H51NO3. The molecule has 0 aromatic heterocycles. The van der Waals surface area contributed by atoms with Crippen molar-refractivity contribution < 1.29 is 14.6 Å². The van der Waals surface area contributed by atoms with E-state index in [1.165, 1.54) is 77.0 Å². The third kappa shape index (κ3) is 15.7. The summed E-state index contributed by atoms with van der Waals surface area (Å²) in [6.45, 7) is 8.76. The van der Waals surface area contributed by atoms with Crippen molar-refractivity contribution in [3.8, 4) is 0 Å². The van der Waals surface area contributed by atoms with Crippen LogP contribution >= 0.6 is 0 Å². The van der Waals surface area contributed by atoms with E-state index < -0.39 is 12.5 Å². The molecule has 0 spiro atoms. The molecule has 0 aliphatic carbocycles. The first-order valence-electron chi connectivity index (χ1n) is 12.3. The van der Waals surface area contributed by atoms with Crippen molar-refractivity contribution >= 4 is 0 Å². The molecule has 28 heavy (non-hydrogen) atoms. The maximum atomic E-state index is 9.97. The van der Waals surface area contributed by atoms with Crippen molar-refractivity contribution in [1.82, 2.24) is 0 Å². The topological polar surface area (TPSA) is 64.7 Å². The lowest BCUT2D eigenvalue weighted by Gasteiger charge is -2.29. The largest absolute Gasteiger partial charge is 0.373 e. The average Bonchev–Trinajstić information content (AvgIpc) is 2.69. The van der Waals surface area contributed by atoms with E-state index >= 15 is 0 Å². The van der Waals surface area contributed by atoms with Crippen LogP contribution in [0.4, 0.5) is 0 Å². The fourth-order valence-electron chi connectivity index (χ4n) is 3.61. The average molecular weight is 402 g/mol. The Morgan fingerprint density at radius 1 is 0.607 bits per heavy atom. The summed E-state index contributed by atoms with van der Waals surface area (Å²) in [6.07, 6.45) is 17.7. The van der Waals surface area contributed by atoms with E-state index in [1.54, 1.807) is 0 Å². The molecule has 3 unspecified atom stereocenters. The molecule has 0 amide bonds. The van der Waals surface area contributed by atoms with Crippen molar-refractivity contribution in [2.24, 2.45) is 5.73 Å². The van der Waals surface area contributed by atoms with Crippen LogP contribution < -0.4 is 5.73 Å². The smallest absolute Gasteiger partial charge is 0.197 e.